The molecule has 1 fully saturated rings. The van der Waals surface area contributed by atoms with Gasteiger partial charge in [0.1, 0.15) is 0 Å². The van der Waals surface area contributed by atoms with E-state index in [0.29, 0.717) is 5.92 Å². The van der Waals surface area contributed by atoms with E-state index in [0.717, 1.165) is 24.2 Å². The van der Waals surface area contributed by atoms with Crippen LogP contribution in [0.1, 0.15) is 46.5 Å². The first-order chi connectivity index (χ1) is 6.20. The predicted molar refractivity (Wildman–Crippen MR) is 55.1 cm³/mol. The summed E-state index contributed by atoms with van der Waals surface area (Å²) in [6.07, 6.45) is 4.67. The third-order valence-corrected chi connectivity index (χ3v) is 3.71. The van der Waals surface area contributed by atoms with E-state index in [4.69, 9.17) is 5.26 Å². The van der Waals surface area contributed by atoms with Crippen LogP contribution in [0.4, 0.5) is 0 Å². The van der Waals surface area contributed by atoms with Crippen LogP contribution in [0.3, 0.4) is 0 Å². The lowest BCUT2D eigenvalue weighted by atomic mass is 9.80. The zero-order valence-corrected chi connectivity index (χ0v) is 9.09. The summed E-state index contributed by atoms with van der Waals surface area (Å²) in [6.45, 7) is 6.92. The minimum atomic E-state index is 0.697. The van der Waals surface area contributed by atoms with Crippen molar-refractivity contribution < 1.29 is 0 Å². The molecule has 3 unspecified atom stereocenters. The Hall–Kier alpha value is -0.510. The van der Waals surface area contributed by atoms with Crippen molar-refractivity contribution >= 4 is 0 Å². The molecule has 1 nitrogen and oxygen atoms in total. The second-order valence-electron chi connectivity index (χ2n) is 4.68. The van der Waals surface area contributed by atoms with Crippen LogP contribution < -0.4 is 0 Å². The number of hydrogen-bond donors (Lipinski definition) is 0. The Morgan fingerprint density at radius 2 is 2.08 bits per heavy atom. The van der Waals surface area contributed by atoms with Crippen molar-refractivity contribution in [2.75, 3.05) is 0 Å². The van der Waals surface area contributed by atoms with E-state index in [1.165, 1.54) is 19.3 Å². The van der Waals surface area contributed by atoms with Crippen LogP contribution in [0.5, 0.6) is 0 Å². The van der Waals surface area contributed by atoms with E-state index in [1.807, 2.05) is 0 Å². The number of rotatable bonds is 3. The van der Waals surface area contributed by atoms with Gasteiger partial charge in [0.25, 0.3) is 0 Å². The van der Waals surface area contributed by atoms with Crippen LogP contribution in [-0.2, 0) is 0 Å². The lowest BCUT2D eigenvalue weighted by molar-refractivity contribution is 0.246. The van der Waals surface area contributed by atoms with E-state index in [-0.39, 0.29) is 0 Å². The molecule has 1 aliphatic rings. The highest BCUT2D eigenvalue weighted by Gasteiger charge is 2.35. The zero-order valence-electron chi connectivity index (χ0n) is 9.09. The molecule has 0 aromatic carbocycles. The SMILES string of the molecule is CCC1C(CC#N)CCC1C(C)C. The van der Waals surface area contributed by atoms with Crippen LogP contribution in [0, 0.1) is 35.0 Å². The van der Waals surface area contributed by atoms with E-state index < -0.39 is 0 Å². The first-order valence-electron chi connectivity index (χ1n) is 5.57. The van der Waals surface area contributed by atoms with Crippen LogP contribution in [0.15, 0.2) is 0 Å². The maximum Gasteiger partial charge on any atom is 0.0624 e. The summed E-state index contributed by atoms with van der Waals surface area (Å²) in [5.74, 6) is 3.19. The molecule has 0 N–H and O–H groups in total. The summed E-state index contributed by atoms with van der Waals surface area (Å²) in [6, 6.07) is 2.33. The highest BCUT2D eigenvalue weighted by Crippen LogP contribution is 2.44. The monoisotopic (exact) mass is 179 g/mol. The second-order valence-corrected chi connectivity index (χ2v) is 4.68. The molecule has 1 heteroatoms. The number of nitrogens with zero attached hydrogens (tertiary/aromatic N) is 1. The first kappa shape index (κ1) is 10.6. The number of nitriles is 1. The van der Waals surface area contributed by atoms with Crippen molar-refractivity contribution in [2.24, 2.45) is 23.7 Å². The molecule has 74 valence electrons. The predicted octanol–water partition coefficient (Wildman–Crippen LogP) is 3.61. The third-order valence-electron chi connectivity index (χ3n) is 3.71. The van der Waals surface area contributed by atoms with Gasteiger partial charge in [0.15, 0.2) is 0 Å². The minimum absolute atomic E-state index is 0.697. The average molecular weight is 179 g/mol. The highest BCUT2D eigenvalue weighted by molar-refractivity contribution is 4.90. The van der Waals surface area contributed by atoms with Gasteiger partial charge in [-0.1, -0.05) is 27.2 Å². The van der Waals surface area contributed by atoms with Crippen LogP contribution in [-0.4, -0.2) is 0 Å². The Bertz CT molecular complexity index is 190. The second kappa shape index (κ2) is 4.65. The number of hydrogen-bond acceptors (Lipinski definition) is 1. The summed E-state index contributed by atoms with van der Waals surface area (Å²) in [5.41, 5.74) is 0. The van der Waals surface area contributed by atoms with Gasteiger partial charge < -0.3 is 0 Å². The maximum atomic E-state index is 8.71. The van der Waals surface area contributed by atoms with Gasteiger partial charge in [-0.3, -0.25) is 0 Å². The van der Waals surface area contributed by atoms with Gasteiger partial charge in [0.2, 0.25) is 0 Å². The van der Waals surface area contributed by atoms with Gasteiger partial charge in [-0.25, -0.2) is 0 Å². The molecule has 0 aromatic rings. The molecule has 13 heavy (non-hydrogen) atoms. The van der Waals surface area contributed by atoms with Crippen molar-refractivity contribution in [2.45, 2.75) is 46.5 Å². The van der Waals surface area contributed by atoms with Gasteiger partial charge in [0, 0.05) is 6.42 Å². The summed E-state index contributed by atoms with van der Waals surface area (Å²) in [7, 11) is 0. The Morgan fingerprint density at radius 1 is 1.38 bits per heavy atom. The fourth-order valence-corrected chi connectivity index (χ4v) is 3.02. The summed E-state index contributed by atoms with van der Waals surface area (Å²) < 4.78 is 0. The molecular formula is C12H21N. The molecule has 0 bridgehead atoms. The standard InChI is InChI=1S/C12H21N/c1-4-11-10(7-8-13)5-6-12(11)9(2)3/h9-12H,4-7H2,1-3H3. The van der Waals surface area contributed by atoms with Gasteiger partial charge >= 0.3 is 0 Å². The largest absolute Gasteiger partial charge is 0.198 e. The summed E-state index contributed by atoms with van der Waals surface area (Å²) in [5, 5.41) is 8.71. The minimum Gasteiger partial charge on any atom is -0.198 e. The van der Waals surface area contributed by atoms with E-state index >= 15 is 0 Å². The van der Waals surface area contributed by atoms with Crippen LogP contribution >= 0.6 is 0 Å². The van der Waals surface area contributed by atoms with Crippen molar-refractivity contribution in [1.29, 1.82) is 5.26 Å². The van der Waals surface area contributed by atoms with Gasteiger partial charge in [0.05, 0.1) is 6.07 Å². The van der Waals surface area contributed by atoms with Gasteiger partial charge in [-0.2, -0.15) is 5.26 Å². The molecule has 1 rings (SSSR count). The molecule has 0 amide bonds. The Morgan fingerprint density at radius 3 is 2.54 bits per heavy atom. The van der Waals surface area contributed by atoms with Crippen molar-refractivity contribution in [3.63, 3.8) is 0 Å². The van der Waals surface area contributed by atoms with Crippen molar-refractivity contribution in [3.05, 3.63) is 0 Å². The molecule has 0 saturated heterocycles. The molecular weight excluding hydrogens is 158 g/mol. The summed E-state index contributed by atoms with van der Waals surface area (Å²) in [4.78, 5) is 0. The highest BCUT2D eigenvalue weighted by atomic mass is 14.4. The topological polar surface area (TPSA) is 23.8 Å². The van der Waals surface area contributed by atoms with Crippen molar-refractivity contribution in [3.8, 4) is 6.07 Å². The summed E-state index contributed by atoms with van der Waals surface area (Å²) >= 11 is 0. The Kier molecular flexibility index (Phi) is 3.78. The molecule has 3 atom stereocenters. The lowest BCUT2D eigenvalue weighted by Crippen LogP contribution is -2.18. The van der Waals surface area contributed by atoms with E-state index in [9.17, 15) is 0 Å². The maximum absolute atomic E-state index is 8.71. The van der Waals surface area contributed by atoms with Crippen LogP contribution in [0.25, 0.3) is 0 Å². The molecule has 1 aliphatic carbocycles. The molecule has 0 aliphatic heterocycles. The zero-order chi connectivity index (χ0) is 9.84. The average Bonchev–Trinajstić information content (AvgIpc) is 2.48. The molecule has 0 heterocycles. The van der Waals surface area contributed by atoms with Crippen molar-refractivity contribution in [1.82, 2.24) is 0 Å². The Labute approximate surface area is 82.1 Å². The van der Waals surface area contributed by atoms with Gasteiger partial charge in [-0.15, -0.1) is 0 Å². The van der Waals surface area contributed by atoms with E-state index in [2.05, 4.69) is 26.8 Å². The van der Waals surface area contributed by atoms with Gasteiger partial charge in [-0.05, 0) is 36.5 Å². The quantitative estimate of drug-likeness (QED) is 0.649. The molecule has 0 aromatic heterocycles. The van der Waals surface area contributed by atoms with Crippen LogP contribution in [0.2, 0.25) is 0 Å². The fraction of sp³-hybridized carbons (Fsp3) is 0.917. The first-order valence-corrected chi connectivity index (χ1v) is 5.57. The third kappa shape index (κ3) is 2.24. The molecule has 1 saturated carbocycles. The lowest BCUT2D eigenvalue weighted by Gasteiger charge is -2.25. The fourth-order valence-electron chi connectivity index (χ4n) is 3.02. The normalized spacial score (nSPS) is 33.6. The molecule has 0 radical (unpaired) electrons. The van der Waals surface area contributed by atoms with E-state index in [1.54, 1.807) is 0 Å². The molecule has 0 spiro atoms. The Balaban J connectivity index is 2.58. The smallest absolute Gasteiger partial charge is 0.0624 e.